The zero-order valence-electron chi connectivity index (χ0n) is 8.55. The largest absolute Gasteiger partial charge is 0.298 e. The third kappa shape index (κ3) is 5.89. The molecule has 0 atom stereocenters. The van der Waals surface area contributed by atoms with Gasteiger partial charge in [-0.25, -0.2) is 0 Å². The molecule has 0 saturated heterocycles. The molecule has 0 unspecified atom stereocenters. The van der Waals surface area contributed by atoms with E-state index >= 15 is 0 Å². The van der Waals surface area contributed by atoms with E-state index < -0.39 is 0 Å². The van der Waals surface area contributed by atoms with Crippen molar-refractivity contribution in [3.05, 3.63) is 0 Å². The van der Waals surface area contributed by atoms with Crippen LogP contribution in [0.3, 0.4) is 0 Å². The fourth-order valence-corrected chi connectivity index (χ4v) is 0.398. The molecule has 0 aliphatic carbocycles. The van der Waals surface area contributed by atoms with Crippen LogP contribution in [0.4, 0.5) is 0 Å². The molecule has 0 aliphatic heterocycles. The molecule has 0 radical (unpaired) electrons. The van der Waals surface area contributed by atoms with Crippen molar-refractivity contribution in [2.45, 2.75) is 40.7 Å². The van der Waals surface area contributed by atoms with E-state index in [4.69, 9.17) is 0 Å². The highest BCUT2D eigenvalue weighted by Gasteiger charge is 2.06. The second kappa shape index (κ2) is 3.74. The summed E-state index contributed by atoms with van der Waals surface area (Å²) in [5, 5.41) is 6.27. The van der Waals surface area contributed by atoms with E-state index in [2.05, 4.69) is 39.7 Å². The van der Waals surface area contributed by atoms with Crippen molar-refractivity contribution < 1.29 is 0 Å². The Balaban J connectivity index is 3.93. The van der Waals surface area contributed by atoms with Crippen molar-refractivity contribution in [3.63, 3.8) is 0 Å². The highest BCUT2D eigenvalue weighted by molar-refractivity contribution is 5.63. The maximum Gasteiger partial charge on any atom is 0.0410 e. The average molecular weight is 156 g/mol. The molecule has 0 N–H and O–H groups in total. The molecular formula is C9H20N2. The maximum absolute atomic E-state index is 4.30. The van der Waals surface area contributed by atoms with Gasteiger partial charge in [0.05, 0.1) is 0 Å². The summed E-state index contributed by atoms with van der Waals surface area (Å²) in [5.41, 5.74) is 0.184. The van der Waals surface area contributed by atoms with Gasteiger partial charge in [-0.2, -0.15) is 5.10 Å². The first-order chi connectivity index (χ1) is 4.83. The van der Waals surface area contributed by atoms with Crippen LogP contribution in [0.25, 0.3) is 0 Å². The second-order valence-corrected chi connectivity index (χ2v) is 4.28. The van der Waals surface area contributed by atoms with Gasteiger partial charge in [-0.05, 0) is 19.3 Å². The van der Waals surface area contributed by atoms with E-state index in [-0.39, 0.29) is 5.41 Å². The van der Waals surface area contributed by atoms with Crippen molar-refractivity contribution in [1.29, 1.82) is 0 Å². The molecular weight excluding hydrogens is 136 g/mol. The molecule has 0 amide bonds. The summed E-state index contributed by atoms with van der Waals surface area (Å²) in [5.74, 6) is 0. The van der Waals surface area contributed by atoms with Gasteiger partial charge in [-0.15, -0.1) is 0 Å². The lowest BCUT2D eigenvalue weighted by atomic mass is 9.99. The van der Waals surface area contributed by atoms with Gasteiger partial charge >= 0.3 is 0 Å². The lowest BCUT2D eigenvalue weighted by molar-refractivity contribution is 0.286. The summed E-state index contributed by atoms with van der Waals surface area (Å²) in [6.45, 7) is 10.7. The number of hydrogen-bond acceptors (Lipinski definition) is 2. The van der Waals surface area contributed by atoms with Crippen LogP contribution in [0.2, 0.25) is 0 Å². The van der Waals surface area contributed by atoms with Gasteiger partial charge < -0.3 is 0 Å². The molecule has 0 rings (SSSR count). The predicted molar refractivity (Wildman–Crippen MR) is 50.8 cm³/mol. The number of rotatable bonds is 2. The van der Waals surface area contributed by atoms with Crippen molar-refractivity contribution in [3.8, 4) is 0 Å². The maximum atomic E-state index is 4.30. The Morgan fingerprint density at radius 3 is 2.00 bits per heavy atom. The molecule has 2 nitrogen and oxygen atoms in total. The van der Waals surface area contributed by atoms with E-state index in [0.717, 1.165) is 0 Å². The lowest BCUT2D eigenvalue weighted by Crippen LogP contribution is -2.22. The molecule has 66 valence electrons. The standard InChI is InChI=1S/C9H20N2/c1-8(2)11(6)10-7-9(3,4)5/h7-8H,1-6H3/b10-7+. The van der Waals surface area contributed by atoms with E-state index in [1.54, 1.807) is 0 Å². The minimum atomic E-state index is 0.184. The van der Waals surface area contributed by atoms with Gasteiger partial charge in [0, 0.05) is 19.3 Å². The third-order valence-corrected chi connectivity index (χ3v) is 1.37. The molecule has 0 fully saturated rings. The highest BCUT2D eigenvalue weighted by Crippen LogP contribution is 2.09. The summed E-state index contributed by atoms with van der Waals surface area (Å²) >= 11 is 0. The fraction of sp³-hybridized carbons (Fsp3) is 0.889. The molecule has 0 aromatic carbocycles. The quantitative estimate of drug-likeness (QED) is 0.442. The van der Waals surface area contributed by atoms with Crippen molar-refractivity contribution in [2.75, 3.05) is 7.05 Å². The summed E-state index contributed by atoms with van der Waals surface area (Å²) in [4.78, 5) is 0. The summed E-state index contributed by atoms with van der Waals surface area (Å²) in [6, 6.07) is 0.480. The van der Waals surface area contributed by atoms with Crippen LogP contribution in [0.5, 0.6) is 0 Å². The zero-order chi connectivity index (χ0) is 9.07. The predicted octanol–water partition coefficient (Wildman–Crippen LogP) is 2.36. The average Bonchev–Trinajstić information content (AvgIpc) is 1.80. The van der Waals surface area contributed by atoms with Crippen LogP contribution >= 0.6 is 0 Å². The third-order valence-electron chi connectivity index (χ3n) is 1.37. The van der Waals surface area contributed by atoms with Gasteiger partial charge in [0.1, 0.15) is 0 Å². The van der Waals surface area contributed by atoms with Crippen LogP contribution in [0, 0.1) is 5.41 Å². The monoisotopic (exact) mass is 156 g/mol. The van der Waals surface area contributed by atoms with E-state index in [9.17, 15) is 0 Å². The molecule has 0 spiro atoms. The lowest BCUT2D eigenvalue weighted by Gasteiger charge is -2.19. The summed E-state index contributed by atoms with van der Waals surface area (Å²) < 4.78 is 0. The van der Waals surface area contributed by atoms with E-state index in [0.29, 0.717) is 6.04 Å². The smallest absolute Gasteiger partial charge is 0.0410 e. The summed E-state index contributed by atoms with van der Waals surface area (Å²) in [6.07, 6.45) is 1.98. The van der Waals surface area contributed by atoms with Crippen molar-refractivity contribution in [1.82, 2.24) is 5.01 Å². The summed E-state index contributed by atoms with van der Waals surface area (Å²) in [7, 11) is 1.99. The van der Waals surface area contributed by atoms with Gasteiger partial charge in [0.2, 0.25) is 0 Å². The molecule has 11 heavy (non-hydrogen) atoms. The van der Waals surface area contributed by atoms with Gasteiger partial charge in [-0.1, -0.05) is 20.8 Å². The molecule has 0 saturated carbocycles. The van der Waals surface area contributed by atoms with E-state index in [1.165, 1.54) is 0 Å². The first-order valence-corrected chi connectivity index (χ1v) is 4.11. The van der Waals surface area contributed by atoms with Crippen molar-refractivity contribution >= 4 is 6.21 Å². The highest BCUT2D eigenvalue weighted by atomic mass is 15.4. The Kier molecular flexibility index (Phi) is 3.56. The van der Waals surface area contributed by atoms with Gasteiger partial charge in [-0.3, -0.25) is 5.01 Å². The first-order valence-electron chi connectivity index (χ1n) is 4.11. The Morgan fingerprint density at radius 1 is 1.27 bits per heavy atom. The number of nitrogens with zero attached hydrogens (tertiary/aromatic N) is 2. The van der Waals surface area contributed by atoms with Gasteiger partial charge in [0.25, 0.3) is 0 Å². The molecule has 2 heteroatoms. The first kappa shape index (κ1) is 10.5. The molecule has 0 heterocycles. The zero-order valence-corrected chi connectivity index (χ0v) is 8.55. The van der Waals surface area contributed by atoms with Crippen LogP contribution in [0.15, 0.2) is 5.10 Å². The van der Waals surface area contributed by atoms with E-state index in [1.807, 2.05) is 18.3 Å². The number of hydrazone groups is 1. The Labute approximate surface area is 70.3 Å². The topological polar surface area (TPSA) is 15.6 Å². The van der Waals surface area contributed by atoms with Crippen molar-refractivity contribution in [2.24, 2.45) is 10.5 Å². The fourth-order valence-electron chi connectivity index (χ4n) is 0.398. The Bertz CT molecular complexity index is 131. The minimum Gasteiger partial charge on any atom is -0.298 e. The van der Waals surface area contributed by atoms with Crippen LogP contribution in [-0.2, 0) is 0 Å². The van der Waals surface area contributed by atoms with Crippen LogP contribution in [-0.4, -0.2) is 24.3 Å². The van der Waals surface area contributed by atoms with Crippen LogP contribution < -0.4 is 0 Å². The number of hydrogen-bond donors (Lipinski definition) is 0. The molecule has 0 aromatic heterocycles. The molecule has 0 aromatic rings. The SMILES string of the molecule is CC(C)N(C)/N=C/C(C)(C)C. The molecule has 0 bridgehead atoms. The molecule has 0 aliphatic rings. The normalized spacial score (nSPS) is 13.0. The van der Waals surface area contributed by atoms with Crippen LogP contribution in [0.1, 0.15) is 34.6 Å². The second-order valence-electron chi connectivity index (χ2n) is 4.28. The Hall–Kier alpha value is -0.530. The van der Waals surface area contributed by atoms with Gasteiger partial charge in [0.15, 0.2) is 0 Å². The minimum absolute atomic E-state index is 0.184. The Morgan fingerprint density at radius 2 is 1.73 bits per heavy atom.